The second-order valence-electron chi connectivity index (χ2n) is 6.52. The number of nitrogens with one attached hydrogen (secondary N) is 1. The SMILES string of the molecule is CC(=O)NCc1ccc(S(=O)(=O)N(C[C@H](O)CO)[C@@H]2CCS(=O)(=O)C2)cc1. The molecule has 2 atom stereocenters. The van der Waals surface area contributed by atoms with Crippen molar-refractivity contribution in [2.24, 2.45) is 0 Å². The van der Waals surface area contributed by atoms with E-state index in [1.54, 1.807) is 12.1 Å². The van der Waals surface area contributed by atoms with Gasteiger partial charge in [-0.3, -0.25) is 4.79 Å². The molecule has 0 radical (unpaired) electrons. The molecular weight excluding hydrogens is 396 g/mol. The van der Waals surface area contributed by atoms with Gasteiger partial charge in [-0.1, -0.05) is 12.1 Å². The molecule has 1 heterocycles. The van der Waals surface area contributed by atoms with Crippen LogP contribution in [0.15, 0.2) is 29.2 Å². The lowest BCUT2D eigenvalue weighted by molar-refractivity contribution is -0.119. The molecule has 1 amide bonds. The standard InChI is InChI=1S/C16H24N2O7S2/c1-12(20)17-8-13-2-4-16(5-3-13)27(24,25)18(9-15(21)10-19)14-6-7-26(22,23)11-14/h2-5,14-15,19,21H,6-11H2,1H3,(H,17,20)/t14-,15+/m1/s1. The van der Waals surface area contributed by atoms with Gasteiger partial charge in [0.15, 0.2) is 9.84 Å². The molecule has 0 aliphatic carbocycles. The molecule has 2 rings (SSSR count). The molecule has 1 aromatic carbocycles. The summed E-state index contributed by atoms with van der Waals surface area (Å²) in [7, 11) is -7.42. The molecule has 3 N–H and O–H groups in total. The molecule has 1 saturated heterocycles. The first kappa shape index (κ1) is 21.8. The second-order valence-corrected chi connectivity index (χ2v) is 10.6. The molecule has 0 aromatic heterocycles. The van der Waals surface area contributed by atoms with Crippen LogP contribution in [0.4, 0.5) is 0 Å². The van der Waals surface area contributed by atoms with Crippen molar-refractivity contribution in [1.82, 2.24) is 9.62 Å². The van der Waals surface area contributed by atoms with E-state index < -0.39 is 45.2 Å². The molecule has 11 heteroatoms. The van der Waals surface area contributed by atoms with E-state index in [1.165, 1.54) is 19.1 Å². The molecular formula is C16H24N2O7S2. The third-order valence-electron chi connectivity index (χ3n) is 4.29. The lowest BCUT2D eigenvalue weighted by Crippen LogP contribution is -2.46. The molecule has 9 nitrogen and oxygen atoms in total. The number of rotatable bonds is 8. The number of aliphatic hydroxyl groups is 2. The molecule has 1 fully saturated rings. The van der Waals surface area contributed by atoms with Crippen LogP contribution in [0.2, 0.25) is 0 Å². The number of hydrogen-bond donors (Lipinski definition) is 3. The average molecular weight is 421 g/mol. The van der Waals surface area contributed by atoms with E-state index in [-0.39, 0.29) is 35.3 Å². The Morgan fingerprint density at radius 3 is 2.44 bits per heavy atom. The number of aliphatic hydroxyl groups excluding tert-OH is 2. The van der Waals surface area contributed by atoms with Gasteiger partial charge < -0.3 is 15.5 Å². The zero-order valence-electron chi connectivity index (χ0n) is 14.9. The molecule has 0 saturated carbocycles. The number of amides is 1. The van der Waals surface area contributed by atoms with Gasteiger partial charge in [0.1, 0.15) is 0 Å². The number of carbonyl (C=O) groups is 1. The molecule has 1 aliphatic rings. The van der Waals surface area contributed by atoms with Crippen molar-refractivity contribution in [2.45, 2.75) is 36.9 Å². The lowest BCUT2D eigenvalue weighted by atomic mass is 10.2. The molecule has 1 aliphatic heterocycles. The number of sulfone groups is 1. The van der Waals surface area contributed by atoms with Gasteiger partial charge in [-0.25, -0.2) is 16.8 Å². The van der Waals surface area contributed by atoms with Crippen molar-refractivity contribution >= 4 is 25.8 Å². The maximum Gasteiger partial charge on any atom is 0.243 e. The summed E-state index contributed by atoms with van der Waals surface area (Å²) in [5, 5.41) is 21.4. The normalized spacial score (nSPS) is 20.5. The number of carbonyl (C=O) groups excluding carboxylic acids is 1. The Bertz CT molecular complexity index is 867. The van der Waals surface area contributed by atoms with Crippen molar-refractivity contribution in [2.75, 3.05) is 24.7 Å². The van der Waals surface area contributed by atoms with Crippen LogP contribution < -0.4 is 5.32 Å². The van der Waals surface area contributed by atoms with Gasteiger partial charge >= 0.3 is 0 Å². The monoisotopic (exact) mass is 420 g/mol. The highest BCUT2D eigenvalue weighted by Gasteiger charge is 2.39. The Morgan fingerprint density at radius 1 is 1.33 bits per heavy atom. The van der Waals surface area contributed by atoms with Crippen molar-refractivity contribution in [3.05, 3.63) is 29.8 Å². The minimum atomic E-state index is -4.08. The van der Waals surface area contributed by atoms with Crippen LogP contribution in [0.5, 0.6) is 0 Å². The average Bonchev–Trinajstić information content (AvgIpc) is 2.97. The highest BCUT2D eigenvalue weighted by Crippen LogP contribution is 2.25. The van der Waals surface area contributed by atoms with E-state index in [2.05, 4.69) is 5.32 Å². The zero-order valence-corrected chi connectivity index (χ0v) is 16.5. The second kappa shape index (κ2) is 8.65. The highest BCUT2D eigenvalue weighted by molar-refractivity contribution is 7.92. The Labute approximate surface area is 159 Å². The van der Waals surface area contributed by atoms with Crippen LogP contribution in [0.25, 0.3) is 0 Å². The van der Waals surface area contributed by atoms with Crippen LogP contribution >= 0.6 is 0 Å². The Kier molecular flexibility index (Phi) is 6.98. The van der Waals surface area contributed by atoms with Crippen molar-refractivity contribution < 1.29 is 31.8 Å². The molecule has 1 aromatic rings. The molecule has 0 bridgehead atoms. The van der Waals surface area contributed by atoms with Gasteiger partial charge in [0.05, 0.1) is 29.1 Å². The highest BCUT2D eigenvalue weighted by atomic mass is 32.2. The minimum Gasteiger partial charge on any atom is -0.394 e. The fourth-order valence-electron chi connectivity index (χ4n) is 2.85. The number of benzene rings is 1. The predicted molar refractivity (Wildman–Crippen MR) is 98.0 cm³/mol. The van der Waals surface area contributed by atoms with Gasteiger partial charge in [0.25, 0.3) is 0 Å². The Balaban J connectivity index is 2.28. The molecule has 0 spiro atoms. The van der Waals surface area contributed by atoms with Gasteiger partial charge in [0.2, 0.25) is 15.9 Å². The smallest absolute Gasteiger partial charge is 0.243 e. The lowest BCUT2D eigenvalue weighted by Gasteiger charge is -2.29. The predicted octanol–water partition coefficient (Wildman–Crippen LogP) is -1.15. The van der Waals surface area contributed by atoms with Gasteiger partial charge in [-0.2, -0.15) is 4.31 Å². The summed E-state index contributed by atoms with van der Waals surface area (Å²) in [4.78, 5) is 10.9. The molecule has 0 unspecified atom stereocenters. The van der Waals surface area contributed by atoms with Crippen LogP contribution in [0, 0.1) is 0 Å². The first-order valence-corrected chi connectivity index (χ1v) is 11.7. The fraction of sp³-hybridized carbons (Fsp3) is 0.562. The van der Waals surface area contributed by atoms with Gasteiger partial charge in [-0.15, -0.1) is 0 Å². The summed E-state index contributed by atoms with van der Waals surface area (Å²) >= 11 is 0. The summed E-state index contributed by atoms with van der Waals surface area (Å²) in [5.74, 6) is -0.641. The Morgan fingerprint density at radius 2 is 1.96 bits per heavy atom. The van der Waals surface area contributed by atoms with E-state index in [9.17, 15) is 26.7 Å². The number of hydrogen-bond acceptors (Lipinski definition) is 7. The number of nitrogens with zero attached hydrogens (tertiary/aromatic N) is 1. The van der Waals surface area contributed by atoms with E-state index in [4.69, 9.17) is 5.11 Å². The summed E-state index contributed by atoms with van der Waals surface area (Å²) in [6.45, 7) is 0.593. The van der Waals surface area contributed by atoms with Crippen molar-refractivity contribution in [3.8, 4) is 0 Å². The van der Waals surface area contributed by atoms with E-state index in [0.29, 0.717) is 5.56 Å². The van der Waals surface area contributed by atoms with Crippen LogP contribution in [-0.2, 0) is 31.2 Å². The van der Waals surface area contributed by atoms with Crippen LogP contribution in [-0.4, -0.2) is 74.1 Å². The van der Waals surface area contributed by atoms with E-state index in [0.717, 1.165) is 4.31 Å². The maximum atomic E-state index is 13.0. The zero-order chi connectivity index (χ0) is 20.2. The third kappa shape index (κ3) is 5.72. The minimum absolute atomic E-state index is 0.0523. The van der Waals surface area contributed by atoms with Crippen LogP contribution in [0.1, 0.15) is 18.9 Å². The molecule has 152 valence electrons. The number of sulfonamides is 1. The van der Waals surface area contributed by atoms with Crippen molar-refractivity contribution in [3.63, 3.8) is 0 Å². The first-order chi connectivity index (χ1) is 12.5. The van der Waals surface area contributed by atoms with Gasteiger partial charge in [0, 0.05) is 26.1 Å². The summed E-state index contributed by atoms with van der Waals surface area (Å²) in [6.07, 6.45) is -1.18. The third-order valence-corrected chi connectivity index (χ3v) is 7.97. The quantitative estimate of drug-likeness (QED) is 0.482. The maximum absolute atomic E-state index is 13.0. The molecule has 27 heavy (non-hydrogen) atoms. The fourth-order valence-corrected chi connectivity index (χ4v) is 6.37. The van der Waals surface area contributed by atoms with Crippen LogP contribution in [0.3, 0.4) is 0 Å². The van der Waals surface area contributed by atoms with Crippen molar-refractivity contribution in [1.29, 1.82) is 0 Å². The Hall–Kier alpha value is -1.53. The summed E-state index contributed by atoms with van der Waals surface area (Å²) < 4.78 is 50.6. The first-order valence-electron chi connectivity index (χ1n) is 8.40. The van der Waals surface area contributed by atoms with E-state index in [1.807, 2.05) is 0 Å². The summed E-state index contributed by atoms with van der Waals surface area (Å²) in [6, 6.07) is 5.05. The van der Waals surface area contributed by atoms with Gasteiger partial charge in [-0.05, 0) is 24.1 Å². The summed E-state index contributed by atoms with van der Waals surface area (Å²) in [5.41, 5.74) is 0.703. The topological polar surface area (TPSA) is 141 Å². The largest absolute Gasteiger partial charge is 0.394 e. The van der Waals surface area contributed by atoms with E-state index >= 15 is 0 Å².